The fraction of sp³-hybridized carbons (Fsp3) is 0.878. The summed E-state index contributed by atoms with van der Waals surface area (Å²) in [6, 6.07) is 0. The monoisotopic (exact) mass is 884 g/mol. The fourth-order valence-corrected chi connectivity index (χ4v) is 6.75. The molecule has 0 N–H and O–H groups in total. The minimum absolute atomic E-state index is 0.0555. The van der Waals surface area contributed by atoms with E-state index in [4.69, 9.17) is 28.4 Å². The lowest BCUT2D eigenvalue weighted by molar-refractivity contribution is -0.172. The Labute approximate surface area is 376 Å². The Morgan fingerprint density at radius 1 is 0.387 bits per heavy atom. The van der Waals surface area contributed by atoms with Crippen LogP contribution in [0.3, 0.4) is 0 Å². The first-order chi connectivity index (χ1) is 29.9. The minimum Gasteiger partial charge on any atom is -0.466 e. The summed E-state index contributed by atoms with van der Waals surface area (Å²) in [7, 11) is 3.81. The van der Waals surface area contributed by atoms with Crippen LogP contribution in [0.1, 0.15) is 207 Å². The fourth-order valence-electron chi connectivity index (χ4n) is 6.75. The molecule has 0 aromatic heterocycles. The molecule has 0 spiro atoms. The number of esters is 6. The molecule has 0 aromatic carbocycles. The van der Waals surface area contributed by atoms with Gasteiger partial charge in [0.2, 0.25) is 0 Å². The number of nitrogens with zero attached hydrogens (tertiary/aromatic N) is 1. The first kappa shape index (κ1) is 58.8. The van der Waals surface area contributed by atoms with Gasteiger partial charge in [0.15, 0.2) is 0 Å². The van der Waals surface area contributed by atoms with Crippen LogP contribution in [-0.2, 0) is 57.2 Å². The highest BCUT2D eigenvalue weighted by Crippen LogP contribution is 2.26. The standard InChI is InChI=1S/C49H89NO12/c1-7-11-15-17-19-23-36-57-43(51)30-25-32-45(53)59-38-49(40-61-47(55)34-27-35-50(5)6,41-62-48(56)42(28-21-13-9-3)29-22-14-10-4)39-60-46(54)33-26-31-44(52)58-37-24-20-18-16-12-8-2/h42H,7-41H2,1-6H3. The van der Waals surface area contributed by atoms with E-state index in [1.165, 1.54) is 38.5 Å². The second-order valence-electron chi connectivity index (χ2n) is 17.4. The van der Waals surface area contributed by atoms with Gasteiger partial charge in [-0.1, -0.05) is 130 Å². The van der Waals surface area contributed by atoms with Crippen LogP contribution in [0.2, 0.25) is 0 Å². The molecule has 0 aliphatic heterocycles. The van der Waals surface area contributed by atoms with Gasteiger partial charge in [-0.05, 0) is 65.6 Å². The highest BCUT2D eigenvalue weighted by Gasteiger charge is 2.38. The van der Waals surface area contributed by atoms with Crippen LogP contribution in [0, 0.1) is 11.3 Å². The van der Waals surface area contributed by atoms with Crippen LogP contribution >= 0.6 is 0 Å². The van der Waals surface area contributed by atoms with E-state index in [1.54, 1.807) is 0 Å². The van der Waals surface area contributed by atoms with Crippen molar-refractivity contribution in [2.45, 2.75) is 207 Å². The van der Waals surface area contributed by atoms with Crippen molar-refractivity contribution >= 4 is 35.8 Å². The minimum atomic E-state index is -1.41. The van der Waals surface area contributed by atoms with Crippen molar-refractivity contribution in [1.82, 2.24) is 4.90 Å². The van der Waals surface area contributed by atoms with E-state index in [9.17, 15) is 28.8 Å². The van der Waals surface area contributed by atoms with E-state index in [0.29, 0.717) is 39.0 Å². The van der Waals surface area contributed by atoms with Crippen molar-refractivity contribution in [3.05, 3.63) is 0 Å². The van der Waals surface area contributed by atoms with Gasteiger partial charge in [-0.25, -0.2) is 0 Å². The van der Waals surface area contributed by atoms with E-state index in [1.807, 2.05) is 19.0 Å². The lowest BCUT2D eigenvalue weighted by Crippen LogP contribution is -2.44. The predicted octanol–water partition coefficient (Wildman–Crippen LogP) is 10.4. The molecule has 13 nitrogen and oxygen atoms in total. The number of carbonyl (C=O) groups excluding carboxylic acids is 6. The number of rotatable bonds is 43. The molecule has 0 saturated heterocycles. The third-order valence-electron chi connectivity index (χ3n) is 10.8. The van der Waals surface area contributed by atoms with Gasteiger partial charge in [0.25, 0.3) is 0 Å². The maximum Gasteiger partial charge on any atom is 0.308 e. The number of ether oxygens (including phenoxy) is 6. The van der Waals surface area contributed by atoms with Gasteiger partial charge in [0, 0.05) is 32.1 Å². The first-order valence-electron chi connectivity index (χ1n) is 24.5. The average molecular weight is 884 g/mol. The molecule has 0 aliphatic rings. The molecule has 0 radical (unpaired) electrons. The molecule has 62 heavy (non-hydrogen) atoms. The third-order valence-corrected chi connectivity index (χ3v) is 10.8. The molecule has 0 fully saturated rings. The molecule has 0 rings (SSSR count). The van der Waals surface area contributed by atoms with Crippen molar-refractivity contribution in [2.24, 2.45) is 11.3 Å². The summed E-state index contributed by atoms with van der Waals surface area (Å²) < 4.78 is 33.8. The Bertz CT molecular complexity index is 1110. The zero-order valence-electron chi connectivity index (χ0n) is 40.2. The maximum absolute atomic E-state index is 13.7. The molecule has 0 bridgehead atoms. The summed E-state index contributed by atoms with van der Waals surface area (Å²) in [5, 5.41) is 0. The predicted molar refractivity (Wildman–Crippen MR) is 242 cm³/mol. The Hall–Kier alpha value is -3.22. The van der Waals surface area contributed by atoms with Crippen molar-refractivity contribution in [3.63, 3.8) is 0 Å². The average Bonchev–Trinajstić information content (AvgIpc) is 3.24. The maximum atomic E-state index is 13.7. The van der Waals surface area contributed by atoms with E-state index >= 15 is 0 Å². The van der Waals surface area contributed by atoms with Crippen molar-refractivity contribution in [3.8, 4) is 0 Å². The summed E-state index contributed by atoms with van der Waals surface area (Å²) in [6.45, 7) is 8.50. The second-order valence-corrected chi connectivity index (χ2v) is 17.4. The molecule has 0 atom stereocenters. The van der Waals surface area contributed by atoms with Gasteiger partial charge in [-0.2, -0.15) is 0 Å². The Kier molecular flexibility index (Phi) is 38.4. The normalized spacial score (nSPS) is 11.4. The van der Waals surface area contributed by atoms with Crippen LogP contribution < -0.4 is 0 Å². The number of unbranched alkanes of at least 4 members (excludes halogenated alkanes) is 14. The molecule has 0 heterocycles. The van der Waals surface area contributed by atoms with Crippen LogP contribution in [-0.4, -0.2) is 101 Å². The van der Waals surface area contributed by atoms with Crippen LogP contribution in [0.15, 0.2) is 0 Å². The Balaban J connectivity index is 5.83. The van der Waals surface area contributed by atoms with Crippen molar-refractivity contribution in [1.29, 1.82) is 0 Å². The molecular formula is C49H89NO12. The summed E-state index contributed by atoms with van der Waals surface area (Å²) >= 11 is 0. The van der Waals surface area contributed by atoms with Crippen molar-refractivity contribution in [2.75, 3.05) is 60.3 Å². The molecule has 13 heteroatoms. The molecule has 0 amide bonds. The highest BCUT2D eigenvalue weighted by molar-refractivity contribution is 5.74. The first-order valence-corrected chi connectivity index (χ1v) is 24.5. The quantitative estimate of drug-likeness (QED) is 0.0323. The SMILES string of the molecule is CCCCCCCCOC(=O)CCCC(=O)OCC(COC(=O)CCCC(=O)OCCCCCCCC)(COC(=O)CCCN(C)C)COC(=O)C(CCCCC)CCCCC. The van der Waals surface area contributed by atoms with Gasteiger partial charge in [0.1, 0.15) is 31.8 Å². The Morgan fingerprint density at radius 3 is 1.10 bits per heavy atom. The Morgan fingerprint density at radius 2 is 0.710 bits per heavy atom. The van der Waals surface area contributed by atoms with E-state index in [0.717, 1.165) is 77.0 Å². The number of carbonyl (C=O) groups is 6. The number of hydrogen-bond acceptors (Lipinski definition) is 13. The van der Waals surface area contributed by atoms with Crippen LogP contribution in [0.25, 0.3) is 0 Å². The zero-order valence-corrected chi connectivity index (χ0v) is 40.2. The van der Waals surface area contributed by atoms with E-state index < -0.39 is 29.3 Å². The topological polar surface area (TPSA) is 161 Å². The summed E-state index contributed by atoms with van der Waals surface area (Å²) in [5.41, 5.74) is -1.41. The third kappa shape index (κ3) is 35.3. The molecule has 0 saturated carbocycles. The highest BCUT2D eigenvalue weighted by atomic mass is 16.6. The van der Waals surface area contributed by atoms with Crippen molar-refractivity contribution < 1.29 is 57.2 Å². The molecular weight excluding hydrogens is 795 g/mol. The summed E-state index contributed by atoms with van der Waals surface area (Å²) in [6.07, 6.45) is 21.1. The van der Waals surface area contributed by atoms with E-state index in [2.05, 4.69) is 27.7 Å². The van der Waals surface area contributed by atoms with Crippen LogP contribution in [0.4, 0.5) is 0 Å². The van der Waals surface area contributed by atoms with Gasteiger partial charge in [-0.3, -0.25) is 28.8 Å². The molecule has 362 valence electrons. The largest absolute Gasteiger partial charge is 0.466 e. The molecule has 0 aliphatic carbocycles. The van der Waals surface area contributed by atoms with Gasteiger partial charge < -0.3 is 33.3 Å². The van der Waals surface area contributed by atoms with Gasteiger partial charge >= 0.3 is 35.8 Å². The molecule has 0 unspecified atom stereocenters. The van der Waals surface area contributed by atoms with Gasteiger partial charge in [0.05, 0.1) is 19.1 Å². The van der Waals surface area contributed by atoms with Gasteiger partial charge in [-0.15, -0.1) is 0 Å². The number of hydrogen-bond donors (Lipinski definition) is 0. The van der Waals surface area contributed by atoms with Crippen LogP contribution in [0.5, 0.6) is 0 Å². The smallest absolute Gasteiger partial charge is 0.308 e. The lowest BCUT2D eigenvalue weighted by atomic mass is 9.91. The summed E-state index contributed by atoms with van der Waals surface area (Å²) in [4.78, 5) is 79.4. The molecule has 0 aromatic rings. The summed E-state index contributed by atoms with van der Waals surface area (Å²) in [5.74, 6) is -3.18. The second kappa shape index (κ2) is 40.5. The zero-order chi connectivity index (χ0) is 46.1. The lowest BCUT2D eigenvalue weighted by Gasteiger charge is -2.32. The van der Waals surface area contributed by atoms with E-state index in [-0.39, 0.29) is 89.2 Å².